The lowest BCUT2D eigenvalue weighted by atomic mass is 9.98. The molecule has 1 aliphatic heterocycles. The van der Waals surface area contributed by atoms with Gasteiger partial charge in [0.2, 0.25) is 82.7 Å². The lowest BCUT2D eigenvalue weighted by Crippen LogP contribution is -2.62. The predicted molar refractivity (Wildman–Crippen MR) is 383 cm³/mol. The molecule has 1 saturated heterocycles. The fraction of sp³-hybridized carbons (Fsp3) is 0.641. The number of nitrogens with one attached hydrogen (secondary N) is 14. The summed E-state index contributed by atoms with van der Waals surface area (Å²) >= 11 is 4.18. The van der Waals surface area contributed by atoms with Crippen LogP contribution in [0.4, 0.5) is 0 Å². The molecule has 0 aromatic carbocycles. The standard InChI is InChI=1S/C64H104N22O21S/c1-30(2)17-39(56(99)82-43(25-88)52(95)72-23-48(91)75-37(11-13-47(66)90)54(97)84-45(27-108)62(105)86-16-8-10-46(86)60(103)77-38(63(106)107)12-14-49(92)93)79-53(96)36(9-7-15-71-64(67)68)76-59(102)44(26-89)83-57(100)41(19-33-21-69-28-73-33)80-55(98)40(18-31(3)4)81-61(104)50(32(5)6)85-58(101)42(20-34-22-70-29-74-34)78-51(94)35(65)24-87/h21-22,28-32,35-46,50,87-89,108H,7-20,23-27,65H2,1-6H3,(H2,66,90)(H,69,73)(H,70,74)(H,72,95)(H,75,91)(H,76,102)(H,77,103)(H,78,94)(H,79,96)(H,80,98)(H,81,104)(H,82,99)(H,83,100)(H,84,97)(H,85,101)(H,92,93)(H,106,107)(H4,67,68,71)/t35-,36-,37-,38-,39-,40-,41-,42-,43-,44-,45-,46-,50-/m0/s1. The molecule has 0 radical (unpaired) electrons. The maximum atomic E-state index is 14.4. The minimum Gasteiger partial charge on any atom is -0.481 e. The highest BCUT2D eigenvalue weighted by atomic mass is 32.1. The van der Waals surface area contributed by atoms with Crippen LogP contribution in [0.25, 0.3) is 0 Å². The molecule has 43 nitrogen and oxygen atoms in total. The number of aliphatic hydroxyl groups excluding tert-OH is 3. The number of aliphatic imine (C=N–C) groups is 1. The Bertz CT molecular complexity index is 3420. The summed E-state index contributed by atoms with van der Waals surface area (Å²) in [6.07, 6.45) is 2.80. The number of carboxylic acids is 2. The molecule has 3 rings (SSSR count). The maximum Gasteiger partial charge on any atom is 0.326 e. The van der Waals surface area contributed by atoms with Crippen LogP contribution in [0, 0.1) is 17.8 Å². The van der Waals surface area contributed by atoms with Crippen molar-refractivity contribution in [1.82, 2.24) is 88.6 Å². The van der Waals surface area contributed by atoms with Crippen LogP contribution in [0.3, 0.4) is 0 Å². The third-order valence-corrected chi connectivity index (χ3v) is 16.9. The van der Waals surface area contributed by atoms with Crippen molar-refractivity contribution in [2.75, 3.05) is 45.2 Å². The molecule has 0 bridgehead atoms. The third-order valence-electron chi connectivity index (χ3n) is 16.5. The Morgan fingerprint density at radius 3 is 1.47 bits per heavy atom. The van der Waals surface area contributed by atoms with Gasteiger partial charge in [0.05, 0.1) is 39.0 Å². The minimum atomic E-state index is -1.86. The first-order valence-corrected chi connectivity index (χ1v) is 35.4. The number of aliphatic hydroxyl groups is 3. The van der Waals surface area contributed by atoms with Crippen LogP contribution in [-0.2, 0) is 89.6 Å². The quantitative estimate of drug-likeness (QED) is 0.0127. The normalized spacial score (nSPS) is 15.9. The zero-order valence-electron chi connectivity index (χ0n) is 60.8. The molecule has 0 spiro atoms. The number of hydrogen-bond acceptors (Lipinski definition) is 24. The fourth-order valence-electron chi connectivity index (χ4n) is 10.8. The van der Waals surface area contributed by atoms with Gasteiger partial charge in [0.25, 0.3) is 0 Å². The Morgan fingerprint density at radius 2 is 1.00 bits per heavy atom. The highest BCUT2D eigenvalue weighted by Crippen LogP contribution is 2.21. The number of rotatable bonds is 49. The van der Waals surface area contributed by atoms with E-state index in [9.17, 15) is 97.1 Å². The summed E-state index contributed by atoms with van der Waals surface area (Å²) in [6, 6.07) is -19.8. The topological polar surface area (TPSA) is 696 Å². The van der Waals surface area contributed by atoms with E-state index < -0.39 is 231 Å². The van der Waals surface area contributed by atoms with Gasteiger partial charge in [0.1, 0.15) is 78.5 Å². The van der Waals surface area contributed by atoms with Crippen LogP contribution in [0.15, 0.2) is 30.0 Å². The number of H-pyrrole nitrogens is 2. The van der Waals surface area contributed by atoms with Gasteiger partial charge in [-0.15, -0.1) is 0 Å². The number of likely N-dealkylation sites (tertiary alicyclic amines) is 1. The first-order chi connectivity index (χ1) is 50.9. The Labute approximate surface area is 626 Å². The molecular weight excluding hydrogens is 1440 g/mol. The van der Waals surface area contributed by atoms with Crippen LogP contribution >= 0.6 is 12.6 Å². The summed E-state index contributed by atoms with van der Waals surface area (Å²) in [4.78, 5) is 233. The molecule has 27 N–H and O–H groups in total. The van der Waals surface area contributed by atoms with Crippen LogP contribution in [0.1, 0.15) is 117 Å². The lowest BCUT2D eigenvalue weighted by molar-refractivity contribution is -0.145. The van der Waals surface area contributed by atoms with Crippen molar-refractivity contribution in [3.63, 3.8) is 0 Å². The van der Waals surface area contributed by atoms with Crippen molar-refractivity contribution < 1.29 is 102 Å². The second-order valence-corrected chi connectivity index (χ2v) is 27.1. The zero-order valence-corrected chi connectivity index (χ0v) is 61.7. The number of carbonyl (C=O) groups is 16. The molecule has 3 heterocycles. The molecule has 108 heavy (non-hydrogen) atoms. The SMILES string of the molecule is CC(C)C[C@H](NC(=O)[C@H](CCCN=C(N)N)NC(=O)[C@H](CO)NC(=O)[C@H](Cc1cnc[nH]1)NC(=O)[C@H](CC(C)C)NC(=O)[C@@H](NC(=O)[C@H](Cc1cnc[nH]1)NC(=O)[C@@H](N)CO)C(C)C)C(=O)N[C@@H](CO)C(=O)NCC(=O)N[C@@H](CCC(N)=O)C(=O)N[C@@H](CS)C(=O)N1CCC[C@H]1C(=O)N[C@@H](CCC(=O)O)C(=O)O. The summed E-state index contributed by atoms with van der Waals surface area (Å²) in [7, 11) is 0. The number of carboxylic acid groups (broad SMARTS) is 2. The molecule has 14 amide bonds. The van der Waals surface area contributed by atoms with Gasteiger partial charge in [-0.2, -0.15) is 12.6 Å². The Kier molecular flexibility index (Phi) is 39.4. The van der Waals surface area contributed by atoms with E-state index >= 15 is 0 Å². The first kappa shape index (κ1) is 91.6. The number of thiol groups is 1. The summed E-state index contributed by atoms with van der Waals surface area (Å²) in [5.41, 5.74) is 22.8. The second-order valence-electron chi connectivity index (χ2n) is 26.7. The van der Waals surface area contributed by atoms with Gasteiger partial charge < -0.3 is 127 Å². The largest absolute Gasteiger partial charge is 0.481 e. The first-order valence-electron chi connectivity index (χ1n) is 34.8. The van der Waals surface area contributed by atoms with Gasteiger partial charge >= 0.3 is 11.9 Å². The van der Waals surface area contributed by atoms with Crippen LogP contribution in [0.2, 0.25) is 0 Å². The van der Waals surface area contributed by atoms with E-state index in [-0.39, 0.29) is 93.7 Å². The Hall–Kier alpha value is -10.6. The number of nitrogens with zero attached hydrogens (tertiary/aromatic N) is 4. The number of primary amides is 1. The average Bonchev–Trinajstić information content (AvgIpc) is 1.66. The van der Waals surface area contributed by atoms with Gasteiger partial charge in [-0.05, 0) is 69.1 Å². The Morgan fingerprint density at radius 1 is 0.546 bits per heavy atom. The van der Waals surface area contributed by atoms with E-state index in [2.05, 4.69) is 101 Å². The number of aliphatic carboxylic acids is 2. The molecule has 2 aromatic rings. The van der Waals surface area contributed by atoms with Crippen molar-refractivity contribution in [2.45, 2.75) is 197 Å². The fourth-order valence-corrected chi connectivity index (χ4v) is 11.1. The van der Waals surface area contributed by atoms with Gasteiger partial charge in [0.15, 0.2) is 5.96 Å². The third kappa shape index (κ3) is 31.8. The lowest BCUT2D eigenvalue weighted by Gasteiger charge is -2.29. The number of aromatic nitrogens is 4. The van der Waals surface area contributed by atoms with Crippen LogP contribution in [0.5, 0.6) is 0 Å². The number of carbonyl (C=O) groups excluding carboxylic acids is 14. The van der Waals surface area contributed by atoms with Crippen molar-refractivity contribution in [1.29, 1.82) is 0 Å². The van der Waals surface area contributed by atoms with E-state index in [4.69, 9.17) is 28.0 Å². The van der Waals surface area contributed by atoms with E-state index in [0.29, 0.717) is 5.69 Å². The Balaban J connectivity index is 1.81. The molecule has 602 valence electrons. The number of nitrogens with two attached hydrogens (primary N) is 4. The molecule has 0 aliphatic carbocycles. The van der Waals surface area contributed by atoms with Gasteiger partial charge in [-0.25, -0.2) is 14.8 Å². The van der Waals surface area contributed by atoms with Crippen molar-refractivity contribution in [2.24, 2.45) is 45.7 Å². The highest BCUT2D eigenvalue weighted by Gasteiger charge is 2.41. The molecular formula is C64H104N22O21S. The summed E-state index contributed by atoms with van der Waals surface area (Å²) in [5, 5.41) is 78.2. The number of amides is 14. The van der Waals surface area contributed by atoms with E-state index in [1.807, 2.05) is 0 Å². The molecule has 1 aliphatic rings. The minimum absolute atomic E-state index is 0.0113. The number of imidazole rings is 2. The summed E-state index contributed by atoms with van der Waals surface area (Å²) in [6.45, 7) is 6.01. The number of guanidine groups is 1. The zero-order chi connectivity index (χ0) is 81.1. The molecule has 0 unspecified atom stereocenters. The van der Waals surface area contributed by atoms with Crippen molar-refractivity contribution >= 4 is 113 Å². The van der Waals surface area contributed by atoms with E-state index in [0.717, 1.165) is 4.90 Å². The van der Waals surface area contributed by atoms with Crippen LogP contribution < -0.4 is 86.7 Å². The molecule has 1 fully saturated rings. The monoisotopic (exact) mass is 1550 g/mol. The average molecular weight is 1550 g/mol. The molecule has 44 heteroatoms. The van der Waals surface area contributed by atoms with Gasteiger partial charge in [0, 0.05) is 68.3 Å². The maximum absolute atomic E-state index is 14.4. The molecule has 13 atom stereocenters. The number of hydrogen-bond donors (Lipinski definition) is 24. The molecule has 0 saturated carbocycles. The van der Waals surface area contributed by atoms with Crippen molar-refractivity contribution in [3.05, 3.63) is 36.4 Å². The van der Waals surface area contributed by atoms with Gasteiger partial charge in [-0.1, -0.05) is 41.5 Å². The second kappa shape index (κ2) is 46.5. The van der Waals surface area contributed by atoms with Gasteiger partial charge in [-0.3, -0.25) is 76.9 Å². The van der Waals surface area contributed by atoms with E-state index in [1.54, 1.807) is 41.5 Å². The summed E-state index contributed by atoms with van der Waals surface area (Å²) in [5.74, 6) is -18.6. The van der Waals surface area contributed by atoms with E-state index in [1.165, 1.54) is 25.0 Å². The van der Waals surface area contributed by atoms with Crippen LogP contribution in [-0.4, -0.2) is 275 Å². The highest BCUT2D eigenvalue weighted by molar-refractivity contribution is 7.80. The number of aromatic amines is 2. The smallest absolute Gasteiger partial charge is 0.326 e. The van der Waals surface area contributed by atoms with Crippen molar-refractivity contribution in [3.8, 4) is 0 Å². The summed E-state index contributed by atoms with van der Waals surface area (Å²) < 4.78 is 0. The molecule has 2 aromatic heterocycles. The predicted octanol–water partition coefficient (Wildman–Crippen LogP) is -9.39.